The number of benzene rings is 1. The van der Waals surface area contributed by atoms with Gasteiger partial charge in [0.2, 0.25) is 0 Å². The molecule has 0 bridgehead atoms. The van der Waals surface area contributed by atoms with E-state index in [2.05, 4.69) is 30.7 Å². The standard InChI is InChI=1S/C16H27N3O/c1-16(2)13-19(11-10-18(16)3)9-6-12-20-15-8-5-4-7-14(15)17/h4-5,7-8H,6,9-13,17H2,1-3H3. The highest BCUT2D eigenvalue weighted by Gasteiger charge is 2.30. The van der Waals surface area contributed by atoms with E-state index in [1.807, 2.05) is 24.3 Å². The zero-order valence-electron chi connectivity index (χ0n) is 12.9. The summed E-state index contributed by atoms with van der Waals surface area (Å²) in [4.78, 5) is 4.96. The smallest absolute Gasteiger partial charge is 0.142 e. The summed E-state index contributed by atoms with van der Waals surface area (Å²) in [6, 6.07) is 7.68. The van der Waals surface area contributed by atoms with Gasteiger partial charge in [-0.2, -0.15) is 0 Å². The molecule has 1 aliphatic rings. The first-order valence-corrected chi connectivity index (χ1v) is 7.40. The van der Waals surface area contributed by atoms with Gasteiger partial charge in [-0.3, -0.25) is 4.90 Å². The molecule has 1 fully saturated rings. The number of anilines is 1. The van der Waals surface area contributed by atoms with Crippen LogP contribution >= 0.6 is 0 Å². The van der Waals surface area contributed by atoms with E-state index in [1.165, 1.54) is 0 Å². The average Bonchev–Trinajstić information content (AvgIpc) is 2.40. The van der Waals surface area contributed by atoms with Gasteiger partial charge in [0.25, 0.3) is 0 Å². The lowest BCUT2D eigenvalue weighted by molar-refractivity contribution is 0.0377. The van der Waals surface area contributed by atoms with Crippen LogP contribution in [0.4, 0.5) is 5.69 Å². The Balaban J connectivity index is 1.70. The van der Waals surface area contributed by atoms with Crippen LogP contribution in [0.1, 0.15) is 20.3 Å². The van der Waals surface area contributed by atoms with E-state index < -0.39 is 0 Å². The molecular formula is C16H27N3O. The summed E-state index contributed by atoms with van der Waals surface area (Å²) in [5, 5.41) is 0. The lowest BCUT2D eigenvalue weighted by Crippen LogP contribution is -2.57. The van der Waals surface area contributed by atoms with Crippen LogP contribution in [0.2, 0.25) is 0 Å². The predicted octanol–water partition coefficient (Wildman–Crippen LogP) is 2.06. The first kappa shape index (κ1) is 15.1. The van der Waals surface area contributed by atoms with Gasteiger partial charge in [0.05, 0.1) is 12.3 Å². The molecule has 4 nitrogen and oxygen atoms in total. The Kier molecular flexibility index (Phi) is 4.89. The maximum Gasteiger partial charge on any atom is 0.142 e. The summed E-state index contributed by atoms with van der Waals surface area (Å²) in [7, 11) is 2.21. The molecule has 20 heavy (non-hydrogen) atoms. The molecule has 1 aromatic rings. The minimum atomic E-state index is 0.267. The first-order valence-electron chi connectivity index (χ1n) is 7.40. The first-order chi connectivity index (χ1) is 9.49. The maximum atomic E-state index is 5.86. The van der Waals surface area contributed by atoms with Crippen molar-refractivity contribution in [2.45, 2.75) is 25.8 Å². The van der Waals surface area contributed by atoms with Gasteiger partial charge in [-0.25, -0.2) is 0 Å². The minimum Gasteiger partial charge on any atom is -0.491 e. The van der Waals surface area contributed by atoms with E-state index in [0.717, 1.165) is 45.0 Å². The van der Waals surface area contributed by atoms with Crippen LogP contribution < -0.4 is 10.5 Å². The van der Waals surface area contributed by atoms with E-state index >= 15 is 0 Å². The van der Waals surface area contributed by atoms with Crippen LogP contribution in [-0.2, 0) is 0 Å². The Bertz CT molecular complexity index is 433. The number of para-hydroxylation sites is 2. The van der Waals surface area contributed by atoms with E-state index in [0.29, 0.717) is 5.69 Å². The molecule has 0 atom stereocenters. The fourth-order valence-corrected chi connectivity index (χ4v) is 2.61. The number of rotatable bonds is 5. The number of nitrogens with zero attached hydrogens (tertiary/aromatic N) is 2. The number of likely N-dealkylation sites (N-methyl/N-ethyl adjacent to an activating group) is 1. The molecule has 0 saturated carbocycles. The topological polar surface area (TPSA) is 41.7 Å². The zero-order valence-corrected chi connectivity index (χ0v) is 12.9. The number of nitrogens with two attached hydrogens (primary N) is 1. The Morgan fingerprint density at radius 3 is 2.70 bits per heavy atom. The molecule has 0 radical (unpaired) electrons. The van der Waals surface area contributed by atoms with Crippen LogP contribution in [-0.4, -0.2) is 55.2 Å². The second-order valence-corrected chi connectivity index (χ2v) is 6.25. The number of hydrogen-bond acceptors (Lipinski definition) is 4. The summed E-state index contributed by atoms with van der Waals surface area (Å²) in [6.07, 6.45) is 1.04. The fraction of sp³-hybridized carbons (Fsp3) is 0.625. The van der Waals surface area contributed by atoms with E-state index in [1.54, 1.807) is 0 Å². The highest BCUT2D eigenvalue weighted by atomic mass is 16.5. The van der Waals surface area contributed by atoms with Crippen molar-refractivity contribution in [2.75, 3.05) is 45.6 Å². The molecule has 1 aliphatic heterocycles. The fourth-order valence-electron chi connectivity index (χ4n) is 2.61. The molecule has 0 aromatic heterocycles. The van der Waals surface area contributed by atoms with Gasteiger partial charge < -0.3 is 15.4 Å². The second-order valence-electron chi connectivity index (χ2n) is 6.25. The number of nitrogen functional groups attached to an aromatic ring is 1. The van der Waals surface area contributed by atoms with Crippen molar-refractivity contribution < 1.29 is 4.74 Å². The molecule has 0 unspecified atom stereocenters. The molecule has 0 aliphatic carbocycles. The van der Waals surface area contributed by atoms with Crippen molar-refractivity contribution >= 4 is 5.69 Å². The molecule has 1 aromatic carbocycles. The highest BCUT2D eigenvalue weighted by Crippen LogP contribution is 2.21. The number of piperazine rings is 1. The van der Waals surface area contributed by atoms with Crippen molar-refractivity contribution in [1.29, 1.82) is 0 Å². The number of hydrogen-bond donors (Lipinski definition) is 1. The van der Waals surface area contributed by atoms with Crippen LogP contribution in [0.25, 0.3) is 0 Å². The molecule has 2 rings (SSSR count). The third-order valence-corrected chi connectivity index (χ3v) is 4.19. The van der Waals surface area contributed by atoms with E-state index in [-0.39, 0.29) is 5.54 Å². The molecule has 0 spiro atoms. The quantitative estimate of drug-likeness (QED) is 0.661. The molecule has 112 valence electrons. The number of ether oxygens (including phenoxy) is 1. The van der Waals surface area contributed by atoms with E-state index in [4.69, 9.17) is 10.5 Å². The molecule has 2 N–H and O–H groups in total. The summed E-state index contributed by atoms with van der Waals surface area (Å²) in [5.74, 6) is 0.797. The monoisotopic (exact) mass is 277 g/mol. The third kappa shape index (κ3) is 3.87. The largest absolute Gasteiger partial charge is 0.491 e. The summed E-state index contributed by atoms with van der Waals surface area (Å²) in [5.41, 5.74) is 6.84. The van der Waals surface area contributed by atoms with Gasteiger partial charge in [-0.1, -0.05) is 12.1 Å². The van der Waals surface area contributed by atoms with E-state index in [9.17, 15) is 0 Å². The van der Waals surface area contributed by atoms with Crippen molar-refractivity contribution in [2.24, 2.45) is 0 Å². The Hall–Kier alpha value is -1.26. The predicted molar refractivity (Wildman–Crippen MR) is 84.1 cm³/mol. The maximum absolute atomic E-state index is 5.86. The molecular weight excluding hydrogens is 250 g/mol. The highest BCUT2D eigenvalue weighted by molar-refractivity contribution is 5.51. The van der Waals surface area contributed by atoms with Crippen molar-refractivity contribution in [3.63, 3.8) is 0 Å². The normalized spacial score (nSPS) is 19.9. The van der Waals surface area contributed by atoms with Gasteiger partial charge in [0, 0.05) is 31.7 Å². The molecule has 4 heteroatoms. The van der Waals surface area contributed by atoms with Gasteiger partial charge in [-0.15, -0.1) is 0 Å². The lowest BCUT2D eigenvalue weighted by Gasteiger charge is -2.45. The second kappa shape index (κ2) is 6.46. The summed E-state index contributed by atoms with van der Waals surface area (Å²) >= 11 is 0. The Morgan fingerprint density at radius 1 is 1.25 bits per heavy atom. The average molecular weight is 277 g/mol. The molecule has 0 amide bonds. The third-order valence-electron chi connectivity index (χ3n) is 4.19. The van der Waals surface area contributed by atoms with Gasteiger partial charge in [-0.05, 0) is 39.4 Å². The van der Waals surface area contributed by atoms with Crippen molar-refractivity contribution in [3.8, 4) is 5.75 Å². The van der Waals surface area contributed by atoms with Crippen LogP contribution in [0.15, 0.2) is 24.3 Å². The van der Waals surface area contributed by atoms with Crippen LogP contribution in [0.5, 0.6) is 5.75 Å². The minimum absolute atomic E-state index is 0.267. The van der Waals surface area contributed by atoms with Gasteiger partial charge in [0.15, 0.2) is 0 Å². The Morgan fingerprint density at radius 2 is 2.00 bits per heavy atom. The summed E-state index contributed by atoms with van der Waals surface area (Å²) in [6.45, 7) is 9.83. The van der Waals surface area contributed by atoms with Crippen molar-refractivity contribution in [3.05, 3.63) is 24.3 Å². The Labute approximate surface area is 122 Å². The lowest BCUT2D eigenvalue weighted by atomic mass is 10.00. The van der Waals surface area contributed by atoms with Crippen LogP contribution in [0.3, 0.4) is 0 Å². The van der Waals surface area contributed by atoms with Gasteiger partial charge in [0.1, 0.15) is 5.75 Å². The SMILES string of the molecule is CN1CCN(CCCOc2ccccc2N)CC1(C)C. The zero-order chi connectivity index (χ0) is 14.6. The molecule has 1 saturated heterocycles. The molecule has 1 heterocycles. The summed E-state index contributed by atoms with van der Waals surface area (Å²) < 4.78 is 5.74. The van der Waals surface area contributed by atoms with Gasteiger partial charge >= 0.3 is 0 Å². The van der Waals surface area contributed by atoms with Crippen molar-refractivity contribution in [1.82, 2.24) is 9.80 Å². The van der Waals surface area contributed by atoms with Crippen LogP contribution in [0, 0.1) is 0 Å².